The molecule has 3 heteroatoms. The number of fused-ring (bicyclic) bond motifs is 1. The Morgan fingerprint density at radius 2 is 1.89 bits per heavy atom. The molecule has 0 aliphatic rings. The fourth-order valence-corrected chi connectivity index (χ4v) is 2.45. The zero-order chi connectivity index (χ0) is 13.2. The van der Waals surface area contributed by atoms with Gasteiger partial charge in [0.25, 0.3) is 0 Å². The van der Waals surface area contributed by atoms with E-state index >= 15 is 0 Å². The predicted octanol–water partition coefficient (Wildman–Crippen LogP) is 3.29. The fourth-order valence-electron chi connectivity index (χ4n) is 2.45. The summed E-state index contributed by atoms with van der Waals surface area (Å²) in [5.74, 6) is -0.201. The molecule has 96 valence electrons. The molecule has 0 bridgehead atoms. The maximum atomic E-state index is 13.2. The molecule has 0 aliphatic heterocycles. The molecule has 1 heterocycles. The van der Waals surface area contributed by atoms with Gasteiger partial charge < -0.3 is 10.3 Å². The van der Waals surface area contributed by atoms with Gasteiger partial charge >= 0.3 is 0 Å². The number of rotatable bonds is 3. The first-order chi connectivity index (χ1) is 9.28. The van der Waals surface area contributed by atoms with Crippen molar-refractivity contribution in [2.45, 2.75) is 13.1 Å². The van der Waals surface area contributed by atoms with Gasteiger partial charge in [0.1, 0.15) is 5.82 Å². The van der Waals surface area contributed by atoms with Crippen LogP contribution in [0.1, 0.15) is 11.1 Å². The Hall–Kier alpha value is -2.13. The van der Waals surface area contributed by atoms with Gasteiger partial charge in [0.2, 0.25) is 0 Å². The second kappa shape index (κ2) is 4.86. The van der Waals surface area contributed by atoms with Gasteiger partial charge in [-0.2, -0.15) is 0 Å². The van der Waals surface area contributed by atoms with Gasteiger partial charge in [-0.1, -0.05) is 30.3 Å². The van der Waals surface area contributed by atoms with Crippen molar-refractivity contribution in [1.29, 1.82) is 0 Å². The summed E-state index contributed by atoms with van der Waals surface area (Å²) >= 11 is 0. The van der Waals surface area contributed by atoms with E-state index in [0.29, 0.717) is 13.1 Å². The molecule has 2 aromatic carbocycles. The highest BCUT2D eigenvalue weighted by atomic mass is 19.1. The highest BCUT2D eigenvalue weighted by Gasteiger charge is 2.07. The third-order valence-electron chi connectivity index (χ3n) is 3.33. The van der Waals surface area contributed by atoms with Crippen LogP contribution < -0.4 is 5.73 Å². The van der Waals surface area contributed by atoms with Crippen molar-refractivity contribution in [3.63, 3.8) is 0 Å². The lowest BCUT2D eigenvalue weighted by Crippen LogP contribution is -1.99. The lowest BCUT2D eigenvalue weighted by molar-refractivity contribution is 0.624. The lowest BCUT2D eigenvalue weighted by atomic mass is 10.2. The van der Waals surface area contributed by atoms with Gasteiger partial charge in [-0.25, -0.2) is 4.39 Å². The molecule has 0 spiro atoms. The molecule has 0 amide bonds. The minimum absolute atomic E-state index is 0.201. The summed E-state index contributed by atoms with van der Waals surface area (Å²) in [6, 6.07) is 14.8. The quantitative estimate of drug-likeness (QED) is 0.764. The van der Waals surface area contributed by atoms with Crippen LogP contribution in [0.3, 0.4) is 0 Å². The van der Waals surface area contributed by atoms with Crippen molar-refractivity contribution in [3.8, 4) is 0 Å². The van der Waals surface area contributed by atoms with Crippen LogP contribution >= 0.6 is 0 Å². The molecule has 0 saturated carbocycles. The molecular weight excluding hydrogens is 239 g/mol. The van der Waals surface area contributed by atoms with E-state index in [2.05, 4.69) is 22.9 Å². The topological polar surface area (TPSA) is 30.9 Å². The van der Waals surface area contributed by atoms with Crippen LogP contribution in [-0.2, 0) is 13.1 Å². The van der Waals surface area contributed by atoms with E-state index in [-0.39, 0.29) is 5.82 Å². The number of nitrogens with two attached hydrogens (primary N) is 1. The largest absolute Gasteiger partial charge is 0.343 e. The van der Waals surface area contributed by atoms with Crippen LogP contribution in [0.5, 0.6) is 0 Å². The molecule has 19 heavy (non-hydrogen) atoms. The molecule has 0 fully saturated rings. The Morgan fingerprint density at radius 1 is 1.05 bits per heavy atom. The molecular formula is C16H15FN2. The summed E-state index contributed by atoms with van der Waals surface area (Å²) in [6.07, 6.45) is 2.05. The van der Waals surface area contributed by atoms with Crippen LogP contribution in [0.4, 0.5) is 4.39 Å². The van der Waals surface area contributed by atoms with E-state index in [9.17, 15) is 4.39 Å². The van der Waals surface area contributed by atoms with Gasteiger partial charge in [0, 0.05) is 30.2 Å². The normalized spacial score (nSPS) is 11.1. The summed E-state index contributed by atoms with van der Waals surface area (Å²) in [5, 5.41) is 1.17. The molecule has 0 saturated heterocycles. The van der Waals surface area contributed by atoms with Crippen LogP contribution in [0.15, 0.2) is 54.7 Å². The van der Waals surface area contributed by atoms with Crippen molar-refractivity contribution in [3.05, 3.63) is 71.7 Å². The highest BCUT2D eigenvalue weighted by Crippen LogP contribution is 2.22. The summed E-state index contributed by atoms with van der Waals surface area (Å²) < 4.78 is 15.3. The number of nitrogens with zero attached hydrogens (tertiary/aromatic N) is 1. The zero-order valence-corrected chi connectivity index (χ0v) is 10.5. The molecule has 0 aliphatic carbocycles. The molecule has 1 aromatic heterocycles. The molecule has 0 atom stereocenters. The zero-order valence-electron chi connectivity index (χ0n) is 10.5. The van der Waals surface area contributed by atoms with E-state index in [4.69, 9.17) is 5.73 Å². The number of halogens is 1. The van der Waals surface area contributed by atoms with Gasteiger partial charge in [0.05, 0.1) is 0 Å². The number of benzene rings is 2. The average molecular weight is 254 g/mol. The number of hydrogen-bond donors (Lipinski definition) is 1. The Bertz CT molecular complexity index is 716. The van der Waals surface area contributed by atoms with Crippen molar-refractivity contribution < 1.29 is 4.39 Å². The number of para-hydroxylation sites is 1. The number of aromatic nitrogens is 1. The molecule has 3 rings (SSSR count). The first-order valence-electron chi connectivity index (χ1n) is 6.29. The van der Waals surface area contributed by atoms with Crippen molar-refractivity contribution in [2.24, 2.45) is 5.73 Å². The van der Waals surface area contributed by atoms with Gasteiger partial charge in [-0.15, -0.1) is 0 Å². The summed E-state index contributed by atoms with van der Waals surface area (Å²) in [6.45, 7) is 1.16. The first kappa shape index (κ1) is 11.9. The van der Waals surface area contributed by atoms with Crippen LogP contribution in [0, 0.1) is 5.82 Å². The summed E-state index contributed by atoms with van der Waals surface area (Å²) in [7, 11) is 0. The van der Waals surface area contributed by atoms with E-state index in [1.54, 1.807) is 12.1 Å². The minimum Gasteiger partial charge on any atom is -0.343 e. The van der Waals surface area contributed by atoms with Gasteiger partial charge in [-0.3, -0.25) is 0 Å². The Morgan fingerprint density at radius 3 is 2.68 bits per heavy atom. The van der Waals surface area contributed by atoms with E-state index in [1.165, 1.54) is 11.5 Å². The summed E-state index contributed by atoms with van der Waals surface area (Å²) in [4.78, 5) is 0. The fraction of sp³-hybridized carbons (Fsp3) is 0.125. The van der Waals surface area contributed by atoms with Crippen LogP contribution in [0.2, 0.25) is 0 Å². The maximum Gasteiger partial charge on any atom is 0.123 e. The van der Waals surface area contributed by atoms with Crippen molar-refractivity contribution in [2.75, 3.05) is 0 Å². The molecule has 2 N–H and O–H groups in total. The molecule has 2 nitrogen and oxygen atoms in total. The third-order valence-corrected chi connectivity index (χ3v) is 3.33. The first-order valence-corrected chi connectivity index (χ1v) is 6.29. The van der Waals surface area contributed by atoms with Crippen LogP contribution in [0.25, 0.3) is 10.9 Å². The second-order valence-electron chi connectivity index (χ2n) is 4.63. The predicted molar refractivity (Wildman–Crippen MR) is 75.3 cm³/mol. The van der Waals surface area contributed by atoms with Gasteiger partial charge in [0.15, 0.2) is 0 Å². The average Bonchev–Trinajstić information content (AvgIpc) is 2.77. The van der Waals surface area contributed by atoms with E-state index in [1.807, 2.05) is 18.2 Å². The lowest BCUT2D eigenvalue weighted by Gasteiger charge is -2.05. The molecule has 3 aromatic rings. The Kier molecular flexibility index (Phi) is 3.05. The van der Waals surface area contributed by atoms with E-state index in [0.717, 1.165) is 16.6 Å². The van der Waals surface area contributed by atoms with Crippen molar-refractivity contribution in [1.82, 2.24) is 4.57 Å². The minimum atomic E-state index is -0.201. The highest BCUT2D eigenvalue weighted by molar-refractivity contribution is 5.84. The molecule has 0 radical (unpaired) electrons. The van der Waals surface area contributed by atoms with Gasteiger partial charge in [-0.05, 0) is 29.3 Å². The van der Waals surface area contributed by atoms with Crippen molar-refractivity contribution >= 4 is 10.9 Å². The van der Waals surface area contributed by atoms with E-state index < -0.39 is 0 Å². The Balaban J connectivity index is 2.06. The maximum absolute atomic E-state index is 13.2. The second-order valence-corrected chi connectivity index (χ2v) is 4.63. The van der Waals surface area contributed by atoms with Crippen LogP contribution in [-0.4, -0.2) is 4.57 Å². The standard InChI is InChI=1S/C16H15FN2/c17-14-5-3-4-12(8-14)10-19-11-13(9-18)15-6-1-2-7-16(15)19/h1-8,11H,9-10,18H2. The summed E-state index contributed by atoms with van der Waals surface area (Å²) in [5.41, 5.74) is 8.97. The smallest absolute Gasteiger partial charge is 0.123 e. The Labute approximate surface area is 111 Å². The molecule has 0 unspecified atom stereocenters. The number of hydrogen-bond acceptors (Lipinski definition) is 1. The monoisotopic (exact) mass is 254 g/mol. The SMILES string of the molecule is NCc1cn(Cc2cccc(F)c2)c2ccccc12. The third kappa shape index (κ3) is 2.25.